The Morgan fingerprint density at radius 1 is 0.375 bits per heavy atom. The Labute approximate surface area is 374 Å². The van der Waals surface area contributed by atoms with Crippen LogP contribution in [0.15, 0.2) is 224 Å². The van der Waals surface area contributed by atoms with Gasteiger partial charge in [0.25, 0.3) is 0 Å². The maximum absolute atomic E-state index is 17.6. The van der Waals surface area contributed by atoms with Gasteiger partial charge in [0.05, 0.1) is 17.1 Å². The number of fused-ring (bicyclic) bond motifs is 3. The lowest BCUT2D eigenvalue weighted by Gasteiger charge is -2.33. The molecule has 0 amide bonds. The number of halogens is 1. The van der Waals surface area contributed by atoms with Gasteiger partial charge in [-0.05, 0) is 114 Å². The van der Waals surface area contributed by atoms with Crippen LogP contribution in [0.5, 0.6) is 0 Å². The van der Waals surface area contributed by atoms with Crippen LogP contribution < -0.4 is 20.2 Å². The van der Waals surface area contributed by atoms with E-state index in [2.05, 4.69) is 175 Å². The number of benzene rings is 11. The minimum absolute atomic E-state index is 0.292. The van der Waals surface area contributed by atoms with E-state index in [0.717, 1.165) is 66.5 Å². The molecule has 2 nitrogen and oxygen atoms in total. The van der Waals surface area contributed by atoms with Crippen LogP contribution in [-0.4, -0.2) is 8.07 Å². The summed E-state index contributed by atoms with van der Waals surface area (Å²) in [5.74, 6) is -0.292. The van der Waals surface area contributed by atoms with E-state index >= 15 is 4.39 Å². The lowest BCUT2D eigenvalue weighted by atomic mass is 9.91. The lowest BCUT2D eigenvalue weighted by molar-refractivity contribution is 0.630. The molecule has 4 heteroatoms. The second-order valence-corrected chi connectivity index (χ2v) is 21.7. The van der Waals surface area contributed by atoms with Crippen molar-refractivity contribution in [1.82, 2.24) is 0 Å². The summed E-state index contributed by atoms with van der Waals surface area (Å²) < 4.78 is 17.6. The summed E-state index contributed by atoms with van der Waals surface area (Å²) in [7, 11) is -2.11. The van der Waals surface area contributed by atoms with Crippen molar-refractivity contribution in [2.45, 2.75) is 13.1 Å². The van der Waals surface area contributed by atoms with Crippen LogP contribution in [0.1, 0.15) is 0 Å². The maximum Gasteiger partial charge on any atom is 0.148 e. The van der Waals surface area contributed by atoms with Crippen molar-refractivity contribution in [3.05, 3.63) is 230 Å². The van der Waals surface area contributed by atoms with E-state index in [4.69, 9.17) is 0 Å². The zero-order valence-electron chi connectivity index (χ0n) is 35.6. The van der Waals surface area contributed by atoms with E-state index in [-0.39, 0.29) is 5.82 Å². The molecule has 12 rings (SSSR count). The average Bonchev–Trinajstić information content (AvgIpc) is 3.59. The van der Waals surface area contributed by atoms with Crippen LogP contribution in [0.25, 0.3) is 65.7 Å². The fourth-order valence-corrected chi connectivity index (χ4v) is 14.0. The number of hydrogen-bond acceptors (Lipinski definition) is 2. The molecule has 0 bridgehead atoms. The first-order chi connectivity index (χ1) is 31.5. The predicted molar refractivity (Wildman–Crippen MR) is 273 cm³/mol. The minimum atomic E-state index is -2.11. The maximum atomic E-state index is 17.6. The fourth-order valence-electron chi connectivity index (χ4n) is 10.6. The van der Waals surface area contributed by atoms with Crippen molar-refractivity contribution in [2.24, 2.45) is 0 Å². The number of anilines is 6. The highest BCUT2D eigenvalue weighted by molar-refractivity contribution is 7.04. The Morgan fingerprint density at radius 3 is 1.50 bits per heavy atom. The van der Waals surface area contributed by atoms with Gasteiger partial charge in [-0.1, -0.05) is 183 Å². The van der Waals surface area contributed by atoms with Gasteiger partial charge in [0.1, 0.15) is 13.9 Å². The Hall–Kier alpha value is -7.79. The van der Waals surface area contributed by atoms with Crippen LogP contribution in [0.3, 0.4) is 0 Å². The molecule has 0 saturated heterocycles. The molecule has 1 aliphatic heterocycles. The summed E-state index contributed by atoms with van der Waals surface area (Å²) in [5, 5.41) is 9.82. The number of rotatable bonds is 8. The van der Waals surface area contributed by atoms with E-state index in [9.17, 15) is 0 Å². The molecule has 0 fully saturated rings. The average molecular weight is 839 g/mol. The molecule has 11 aromatic carbocycles. The molecule has 1 heterocycles. The minimum Gasteiger partial charge on any atom is -0.310 e. The molecule has 0 aliphatic carbocycles. The van der Waals surface area contributed by atoms with Gasteiger partial charge in [-0.15, -0.1) is 0 Å². The first-order valence-corrected chi connectivity index (χ1v) is 25.0. The van der Waals surface area contributed by atoms with Crippen molar-refractivity contribution in [3.63, 3.8) is 0 Å². The zero-order chi connectivity index (χ0) is 42.9. The molecule has 0 aromatic heterocycles. The van der Waals surface area contributed by atoms with Gasteiger partial charge in [0.15, 0.2) is 0 Å². The van der Waals surface area contributed by atoms with Crippen molar-refractivity contribution in [3.8, 4) is 33.4 Å². The summed E-state index contributed by atoms with van der Waals surface area (Å²) in [4.78, 5) is 4.63. The van der Waals surface area contributed by atoms with Crippen molar-refractivity contribution in [2.75, 3.05) is 9.80 Å². The summed E-state index contributed by atoms with van der Waals surface area (Å²) >= 11 is 0. The normalized spacial score (nSPS) is 12.7. The van der Waals surface area contributed by atoms with E-state index < -0.39 is 8.07 Å². The smallest absolute Gasteiger partial charge is 0.148 e. The standard InChI is InChI=1S/C60H43FN2Si/c1-64(2)56-29-16-15-26-47(56)48-27-17-28-55(60(48)64)62(45-22-11-5-12-23-45)53-36-32-42-31-35-50-54(37-33-43-30-34-49(53)57(42)58(43)50)63(46-24-13-6-14-25-46)59-51(41-20-9-4-10-21-41)38-44(39-52(59)61)40-18-7-3-8-19-40/h3-39H,1-2H3. The van der Waals surface area contributed by atoms with Crippen molar-refractivity contribution < 1.29 is 4.39 Å². The third-order valence-corrected chi connectivity index (χ3v) is 17.0. The highest BCUT2D eigenvalue weighted by atomic mass is 28.3. The molecule has 0 saturated carbocycles. The first-order valence-electron chi connectivity index (χ1n) is 22.0. The first kappa shape index (κ1) is 37.9. The number of para-hydroxylation sites is 2. The number of hydrogen-bond donors (Lipinski definition) is 0. The zero-order valence-corrected chi connectivity index (χ0v) is 36.6. The van der Waals surface area contributed by atoms with Crippen LogP contribution in [0.2, 0.25) is 13.1 Å². The Balaban J connectivity index is 1.12. The van der Waals surface area contributed by atoms with Crippen LogP contribution >= 0.6 is 0 Å². The summed E-state index contributed by atoms with van der Waals surface area (Å²) in [6.07, 6.45) is 0. The topological polar surface area (TPSA) is 6.48 Å². The highest BCUT2D eigenvalue weighted by Gasteiger charge is 2.40. The van der Waals surface area contributed by atoms with Gasteiger partial charge in [-0.3, -0.25) is 0 Å². The summed E-state index contributed by atoms with van der Waals surface area (Å²) in [6.45, 7) is 4.99. The second kappa shape index (κ2) is 14.9. The molecule has 304 valence electrons. The SMILES string of the molecule is C[Si]1(C)c2ccccc2-c2cccc(N(c3ccccc3)c3ccc4ccc5c(N(c6ccccc6)c6c(F)cc(-c7ccccc7)cc6-c6ccccc6)ccc6ccc3c4c65)c21. The van der Waals surface area contributed by atoms with Crippen molar-refractivity contribution in [1.29, 1.82) is 0 Å². The van der Waals surface area contributed by atoms with Crippen LogP contribution in [0.4, 0.5) is 38.5 Å². The van der Waals surface area contributed by atoms with E-state index in [0.29, 0.717) is 5.69 Å². The molecule has 11 aromatic rings. The van der Waals surface area contributed by atoms with E-state index in [1.807, 2.05) is 66.7 Å². The molecule has 1 aliphatic rings. The van der Waals surface area contributed by atoms with Gasteiger partial charge >= 0.3 is 0 Å². The molecule has 0 atom stereocenters. The second-order valence-electron chi connectivity index (χ2n) is 17.4. The third-order valence-electron chi connectivity index (χ3n) is 13.4. The van der Waals surface area contributed by atoms with Gasteiger partial charge in [0, 0.05) is 33.4 Å². The third kappa shape index (κ3) is 5.91. The van der Waals surface area contributed by atoms with Crippen molar-refractivity contribution >= 4 is 84.9 Å². The predicted octanol–water partition coefficient (Wildman–Crippen LogP) is 15.8. The Kier molecular flexibility index (Phi) is 8.85. The van der Waals surface area contributed by atoms with Gasteiger partial charge in [0.2, 0.25) is 0 Å². The Morgan fingerprint density at radius 2 is 0.875 bits per heavy atom. The molecule has 0 N–H and O–H groups in total. The number of nitrogens with zero attached hydrogens (tertiary/aromatic N) is 2. The van der Waals surface area contributed by atoms with E-state index in [1.54, 1.807) is 6.07 Å². The van der Waals surface area contributed by atoms with Gasteiger partial charge in [-0.2, -0.15) is 0 Å². The molecule has 0 radical (unpaired) electrons. The summed E-state index contributed by atoms with van der Waals surface area (Å²) in [5.41, 5.74) is 12.0. The molecule has 64 heavy (non-hydrogen) atoms. The summed E-state index contributed by atoms with van der Waals surface area (Å²) in [6, 6.07) is 79.1. The van der Waals surface area contributed by atoms with Gasteiger partial charge < -0.3 is 9.80 Å². The van der Waals surface area contributed by atoms with Gasteiger partial charge in [-0.25, -0.2) is 4.39 Å². The molecular formula is C60H43FN2Si. The molecule has 0 unspecified atom stereocenters. The highest BCUT2D eigenvalue weighted by Crippen LogP contribution is 2.50. The van der Waals surface area contributed by atoms with Crippen LogP contribution in [-0.2, 0) is 0 Å². The lowest BCUT2D eigenvalue weighted by Crippen LogP contribution is -2.50. The van der Waals surface area contributed by atoms with Crippen LogP contribution in [0, 0.1) is 5.82 Å². The quantitative estimate of drug-likeness (QED) is 0.111. The fraction of sp³-hybridized carbons (Fsp3) is 0.0333. The monoisotopic (exact) mass is 838 g/mol. The Bertz CT molecular complexity index is 3530. The largest absolute Gasteiger partial charge is 0.310 e. The molecular weight excluding hydrogens is 796 g/mol. The van der Waals surface area contributed by atoms with E-state index in [1.165, 1.54) is 38.0 Å². The molecule has 0 spiro atoms.